The first-order valence-electron chi connectivity index (χ1n) is 8.97. The van der Waals surface area contributed by atoms with E-state index in [0.29, 0.717) is 22.7 Å². The number of aryl methyl sites for hydroxylation is 1. The Morgan fingerprint density at radius 1 is 0.893 bits per heavy atom. The van der Waals surface area contributed by atoms with Crippen molar-refractivity contribution in [3.8, 4) is 11.5 Å². The minimum Gasteiger partial charge on any atom is -0.493 e. The molecule has 28 heavy (non-hydrogen) atoms. The lowest BCUT2D eigenvalue weighted by Crippen LogP contribution is -2.12. The number of hydrogen-bond acceptors (Lipinski definition) is 5. The number of nitrogens with one attached hydrogen (secondary N) is 2. The van der Waals surface area contributed by atoms with Gasteiger partial charge in [-0.1, -0.05) is 19.1 Å². The van der Waals surface area contributed by atoms with Crippen LogP contribution in [0.4, 0.5) is 17.1 Å². The van der Waals surface area contributed by atoms with Gasteiger partial charge in [-0.15, -0.1) is 0 Å². The average molecular weight is 377 g/mol. The van der Waals surface area contributed by atoms with Gasteiger partial charge in [-0.2, -0.15) is 0 Å². The third-order valence-corrected chi connectivity index (χ3v) is 4.29. The lowest BCUT2D eigenvalue weighted by molar-refractivity contribution is 0.102. The van der Waals surface area contributed by atoms with E-state index in [1.165, 1.54) is 11.8 Å². The van der Waals surface area contributed by atoms with Gasteiger partial charge in [0.15, 0.2) is 11.5 Å². The molecule has 3 rings (SSSR count). The van der Waals surface area contributed by atoms with E-state index in [2.05, 4.69) is 22.5 Å². The summed E-state index contributed by atoms with van der Waals surface area (Å²) in [5.74, 6) is 1.05. The maximum atomic E-state index is 12.5. The zero-order valence-electron chi connectivity index (χ0n) is 16.2. The van der Waals surface area contributed by atoms with Crippen molar-refractivity contribution in [1.29, 1.82) is 0 Å². The lowest BCUT2D eigenvalue weighted by Gasteiger charge is -2.12. The van der Waals surface area contributed by atoms with Gasteiger partial charge < -0.3 is 20.1 Å². The van der Waals surface area contributed by atoms with Crippen LogP contribution in [0, 0.1) is 0 Å². The Morgan fingerprint density at radius 2 is 1.61 bits per heavy atom. The SMILES string of the molecule is CCc1ccc(NC(=O)c2cncc(Nc3ccc(OC)c(OC)c3)c2)cc1. The molecule has 2 aromatic carbocycles. The number of rotatable bonds is 7. The number of hydrogen-bond donors (Lipinski definition) is 2. The van der Waals surface area contributed by atoms with Gasteiger partial charge in [-0.05, 0) is 42.3 Å². The molecule has 6 heteroatoms. The van der Waals surface area contributed by atoms with Crippen LogP contribution in [0.2, 0.25) is 0 Å². The largest absolute Gasteiger partial charge is 0.493 e. The highest BCUT2D eigenvalue weighted by atomic mass is 16.5. The Morgan fingerprint density at radius 3 is 2.29 bits per heavy atom. The zero-order chi connectivity index (χ0) is 19.9. The van der Waals surface area contributed by atoms with Crippen LogP contribution in [-0.2, 0) is 6.42 Å². The number of benzene rings is 2. The molecule has 0 spiro atoms. The third-order valence-electron chi connectivity index (χ3n) is 4.29. The molecular formula is C22H23N3O3. The van der Waals surface area contributed by atoms with E-state index in [9.17, 15) is 4.79 Å². The van der Waals surface area contributed by atoms with Gasteiger partial charge in [0, 0.05) is 23.6 Å². The van der Waals surface area contributed by atoms with Crippen molar-refractivity contribution in [2.75, 3.05) is 24.9 Å². The summed E-state index contributed by atoms with van der Waals surface area (Å²) in [7, 11) is 3.17. The third kappa shape index (κ3) is 4.59. The minimum atomic E-state index is -0.215. The predicted molar refractivity (Wildman–Crippen MR) is 111 cm³/mol. The summed E-state index contributed by atoms with van der Waals surface area (Å²) in [6.45, 7) is 2.09. The Balaban J connectivity index is 1.73. The summed E-state index contributed by atoms with van der Waals surface area (Å²) in [5.41, 5.74) is 3.93. The summed E-state index contributed by atoms with van der Waals surface area (Å²) in [5, 5.41) is 6.12. The van der Waals surface area contributed by atoms with Gasteiger partial charge in [-0.25, -0.2) is 0 Å². The molecule has 0 bridgehead atoms. The minimum absolute atomic E-state index is 0.215. The topological polar surface area (TPSA) is 72.5 Å². The van der Waals surface area contributed by atoms with Crippen LogP contribution in [-0.4, -0.2) is 25.1 Å². The maximum absolute atomic E-state index is 12.5. The summed E-state index contributed by atoms with van der Waals surface area (Å²) in [6.07, 6.45) is 4.15. The van der Waals surface area contributed by atoms with Crippen LogP contribution in [0.1, 0.15) is 22.8 Å². The molecule has 0 fully saturated rings. The second-order valence-electron chi connectivity index (χ2n) is 6.16. The Hall–Kier alpha value is -3.54. The fourth-order valence-corrected chi connectivity index (χ4v) is 2.74. The monoisotopic (exact) mass is 377 g/mol. The number of aromatic nitrogens is 1. The molecule has 0 aliphatic carbocycles. The molecule has 0 radical (unpaired) electrons. The van der Waals surface area contributed by atoms with E-state index in [1.54, 1.807) is 26.5 Å². The summed E-state index contributed by atoms with van der Waals surface area (Å²) in [4.78, 5) is 16.7. The summed E-state index contributed by atoms with van der Waals surface area (Å²) in [6, 6.07) is 15.0. The summed E-state index contributed by atoms with van der Waals surface area (Å²) >= 11 is 0. The van der Waals surface area contributed by atoms with Gasteiger partial charge in [0.1, 0.15) is 0 Å². The first-order chi connectivity index (χ1) is 13.6. The van der Waals surface area contributed by atoms with Gasteiger partial charge in [-0.3, -0.25) is 9.78 Å². The van der Waals surface area contributed by atoms with Crippen LogP contribution in [0.3, 0.4) is 0 Å². The van der Waals surface area contributed by atoms with Gasteiger partial charge in [0.2, 0.25) is 0 Å². The zero-order valence-corrected chi connectivity index (χ0v) is 16.2. The number of methoxy groups -OCH3 is 2. The lowest BCUT2D eigenvalue weighted by atomic mass is 10.1. The Kier molecular flexibility index (Phi) is 6.11. The average Bonchev–Trinajstić information content (AvgIpc) is 2.74. The molecular weight excluding hydrogens is 354 g/mol. The second-order valence-corrected chi connectivity index (χ2v) is 6.16. The molecule has 1 amide bonds. The van der Waals surface area contributed by atoms with E-state index in [4.69, 9.17) is 9.47 Å². The van der Waals surface area contributed by atoms with Crippen molar-refractivity contribution >= 4 is 23.0 Å². The van der Waals surface area contributed by atoms with Crippen molar-refractivity contribution < 1.29 is 14.3 Å². The number of carbonyl (C=O) groups is 1. The molecule has 6 nitrogen and oxygen atoms in total. The van der Waals surface area contributed by atoms with Crippen molar-refractivity contribution in [1.82, 2.24) is 4.98 Å². The van der Waals surface area contributed by atoms with Crippen LogP contribution >= 0.6 is 0 Å². The predicted octanol–water partition coefficient (Wildman–Crippen LogP) is 4.66. The normalized spacial score (nSPS) is 10.2. The fraction of sp³-hybridized carbons (Fsp3) is 0.182. The van der Waals surface area contributed by atoms with Crippen LogP contribution in [0.25, 0.3) is 0 Å². The number of ether oxygens (including phenoxy) is 2. The highest BCUT2D eigenvalue weighted by molar-refractivity contribution is 6.04. The first-order valence-corrected chi connectivity index (χ1v) is 8.97. The molecule has 0 aliphatic heterocycles. The van der Waals surface area contributed by atoms with Crippen molar-refractivity contribution in [2.45, 2.75) is 13.3 Å². The molecule has 0 saturated heterocycles. The number of amides is 1. The van der Waals surface area contributed by atoms with E-state index in [1.807, 2.05) is 42.5 Å². The first kappa shape index (κ1) is 19.2. The molecule has 0 unspecified atom stereocenters. The molecule has 2 N–H and O–H groups in total. The van der Waals surface area contributed by atoms with E-state index in [-0.39, 0.29) is 5.91 Å². The Bertz CT molecular complexity index is 955. The highest BCUT2D eigenvalue weighted by Crippen LogP contribution is 2.31. The molecule has 1 aromatic heterocycles. The number of nitrogens with zero attached hydrogens (tertiary/aromatic N) is 1. The van der Waals surface area contributed by atoms with E-state index >= 15 is 0 Å². The highest BCUT2D eigenvalue weighted by Gasteiger charge is 2.09. The fourth-order valence-electron chi connectivity index (χ4n) is 2.74. The number of pyridine rings is 1. The molecule has 0 aliphatic rings. The molecule has 144 valence electrons. The number of anilines is 3. The van der Waals surface area contributed by atoms with Crippen molar-refractivity contribution in [2.24, 2.45) is 0 Å². The Labute approximate surface area is 164 Å². The summed E-state index contributed by atoms with van der Waals surface area (Å²) < 4.78 is 10.6. The van der Waals surface area contributed by atoms with Gasteiger partial charge >= 0.3 is 0 Å². The van der Waals surface area contributed by atoms with E-state index < -0.39 is 0 Å². The molecule has 3 aromatic rings. The maximum Gasteiger partial charge on any atom is 0.257 e. The van der Waals surface area contributed by atoms with Gasteiger partial charge in [0.25, 0.3) is 5.91 Å². The molecule has 0 atom stereocenters. The molecule has 0 saturated carbocycles. The smallest absolute Gasteiger partial charge is 0.257 e. The van der Waals surface area contributed by atoms with Gasteiger partial charge in [0.05, 0.1) is 31.7 Å². The quantitative estimate of drug-likeness (QED) is 0.627. The van der Waals surface area contributed by atoms with Crippen LogP contribution in [0.5, 0.6) is 11.5 Å². The van der Waals surface area contributed by atoms with Crippen molar-refractivity contribution in [3.05, 3.63) is 72.1 Å². The standard InChI is InChI=1S/C22H23N3O3/c1-4-15-5-7-17(8-6-15)25-22(26)16-11-19(14-23-13-16)24-18-9-10-20(27-2)21(12-18)28-3/h5-14,24H,4H2,1-3H3,(H,25,26). The number of carbonyl (C=O) groups excluding carboxylic acids is 1. The van der Waals surface area contributed by atoms with E-state index in [0.717, 1.165) is 17.8 Å². The van der Waals surface area contributed by atoms with Crippen LogP contribution < -0.4 is 20.1 Å². The second kappa shape index (κ2) is 8.90. The molecule has 1 heterocycles. The van der Waals surface area contributed by atoms with Crippen LogP contribution in [0.15, 0.2) is 60.9 Å². The van der Waals surface area contributed by atoms with Crippen molar-refractivity contribution in [3.63, 3.8) is 0 Å².